The van der Waals surface area contributed by atoms with Crippen molar-refractivity contribution < 1.29 is 4.39 Å². The van der Waals surface area contributed by atoms with Crippen LogP contribution in [0.2, 0.25) is 0 Å². The van der Waals surface area contributed by atoms with E-state index in [0.29, 0.717) is 17.3 Å². The fourth-order valence-electron chi connectivity index (χ4n) is 6.05. The minimum absolute atomic E-state index is 0.0841. The molecule has 0 saturated carbocycles. The third kappa shape index (κ3) is 5.75. The van der Waals surface area contributed by atoms with E-state index in [9.17, 15) is 4.39 Å². The summed E-state index contributed by atoms with van der Waals surface area (Å²) in [6.45, 7) is 17.9. The maximum Gasteiger partial charge on any atom is 0.123 e. The molecule has 0 heterocycles. The first kappa shape index (κ1) is 28.1. The summed E-state index contributed by atoms with van der Waals surface area (Å²) in [5.41, 5.74) is 6.32. The highest BCUT2D eigenvalue weighted by Gasteiger charge is 2.38. The zero-order chi connectivity index (χ0) is 24.8. The Morgan fingerprint density at radius 1 is 0.909 bits per heavy atom. The Kier molecular flexibility index (Phi) is 10.2. The van der Waals surface area contributed by atoms with Gasteiger partial charge in [-0.25, -0.2) is 4.39 Å². The van der Waals surface area contributed by atoms with Crippen LogP contribution in [0.3, 0.4) is 0 Å². The van der Waals surface area contributed by atoms with Gasteiger partial charge in [-0.05, 0) is 108 Å². The molecule has 2 unspecified atom stereocenters. The van der Waals surface area contributed by atoms with Gasteiger partial charge >= 0.3 is 0 Å². The number of hydrogen-bond acceptors (Lipinski definition) is 0. The van der Waals surface area contributed by atoms with Crippen molar-refractivity contribution in [2.75, 3.05) is 0 Å². The molecule has 0 radical (unpaired) electrons. The lowest BCUT2D eigenvalue weighted by Crippen LogP contribution is -2.35. The van der Waals surface area contributed by atoms with E-state index in [1.54, 1.807) is 23.3 Å². The molecule has 2 aromatic carbocycles. The minimum Gasteiger partial charge on any atom is -0.207 e. The summed E-state index contributed by atoms with van der Waals surface area (Å²) in [6, 6.07) is 12.0. The molecule has 2 aromatic rings. The van der Waals surface area contributed by atoms with Gasteiger partial charge in [-0.3, -0.25) is 0 Å². The summed E-state index contributed by atoms with van der Waals surface area (Å²) >= 11 is 3.68. The van der Waals surface area contributed by atoms with Crippen LogP contribution >= 0.6 is 15.9 Å². The molecule has 33 heavy (non-hydrogen) atoms. The number of aryl methyl sites for hydroxylation is 1. The molecule has 0 aromatic heterocycles. The van der Waals surface area contributed by atoms with Crippen LogP contribution in [0.4, 0.5) is 4.39 Å². The van der Waals surface area contributed by atoms with Crippen LogP contribution in [0.25, 0.3) is 0 Å². The molecular weight excluding hydrogens is 471 g/mol. The van der Waals surface area contributed by atoms with E-state index in [1.807, 2.05) is 19.9 Å². The van der Waals surface area contributed by atoms with E-state index in [1.165, 1.54) is 47.7 Å². The lowest BCUT2D eigenvalue weighted by molar-refractivity contribution is 0.252. The lowest BCUT2D eigenvalue weighted by atomic mass is 9.62. The molecule has 0 spiro atoms. The number of benzene rings is 2. The fourth-order valence-corrected chi connectivity index (χ4v) is 6.61. The van der Waals surface area contributed by atoms with Crippen molar-refractivity contribution >= 4 is 15.9 Å². The van der Waals surface area contributed by atoms with E-state index in [0.717, 1.165) is 12.8 Å². The van der Waals surface area contributed by atoms with Gasteiger partial charge in [0.2, 0.25) is 0 Å². The van der Waals surface area contributed by atoms with Gasteiger partial charge < -0.3 is 0 Å². The van der Waals surface area contributed by atoms with Crippen molar-refractivity contribution in [1.82, 2.24) is 0 Å². The Bertz CT molecular complexity index is 900. The number of rotatable bonds is 3. The molecule has 4 rings (SSSR count). The molecular formula is C31H46BrF. The van der Waals surface area contributed by atoms with Gasteiger partial charge in [0.15, 0.2) is 0 Å². The average molecular weight is 518 g/mol. The summed E-state index contributed by atoms with van der Waals surface area (Å²) in [5.74, 6) is 1.21. The normalized spacial score (nSPS) is 23.6. The Labute approximate surface area is 211 Å². The van der Waals surface area contributed by atoms with Crippen molar-refractivity contribution in [3.05, 3.63) is 68.9 Å². The topological polar surface area (TPSA) is 0 Å². The Morgan fingerprint density at radius 2 is 1.58 bits per heavy atom. The Balaban J connectivity index is 0.000000218. The zero-order valence-corrected chi connectivity index (χ0v) is 23.9. The second kappa shape index (κ2) is 12.0. The van der Waals surface area contributed by atoms with Crippen LogP contribution in [0.5, 0.6) is 0 Å². The van der Waals surface area contributed by atoms with E-state index >= 15 is 0 Å². The van der Waals surface area contributed by atoms with E-state index in [-0.39, 0.29) is 11.2 Å². The molecule has 0 saturated heterocycles. The predicted octanol–water partition coefficient (Wildman–Crippen LogP) is 10.2. The maximum absolute atomic E-state index is 13.4. The van der Waals surface area contributed by atoms with E-state index < -0.39 is 0 Å². The predicted molar refractivity (Wildman–Crippen MR) is 147 cm³/mol. The molecule has 0 amide bonds. The smallest absolute Gasteiger partial charge is 0.123 e. The molecule has 2 aliphatic rings. The fraction of sp³-hybridized carbons (Fsp3) is 0.613. The second-order valence-corrected chi connectivity index (χ2v) is 11.4. The monoisotopic (exact) mass is 516 g/mol. The molecule has 2 heteroatoms. The van der Waals surface area contributed by atoms with Crippen molar-refractivity contribution in [2.24, 2.45) is 11.8 Å². The van der Waals surface area contributed by atoms with E-state index in [2.05, 4.69) is 75.7 Å². The first-order valence-electron chi connectivity index (χ1n) is 13.2. The molecule has 0 bridgehead atoms. The summed E-state index contributed by atoms with van der Waals surface area (Å²) in [5, 5.41) is 0. The van der Waals surface area contributed by atoms with E-state index in [4.69, 9.17) is 0 Å². The van der Waals surface area contributed by atoms with Crippen molar-refractivity contribution in [3.63, 3.8) is 0 Å². The molecule has 0 N–H and O–H groups in total. The standard InChI is InChI=1S/C15H21F.C14H19Br.C2H6/c1-4-15(11(2)3)9-5-6-12-7-8-13(16)10-14(12)15;1-10(2)14(3)9-5-6-11-12(14)7-4-8-13(11)15;1-2/h7-8,10-11H,4-6,9H2,1-3H3;4,7-8,10H,5-6,9H2,1-3H3;1-2H3. The van der Waals surface area contributed by atoms with Gasteiger partial charge in [0.05, 0.1) is 0 Å². The molecule has 184 valence electrons. The summed E-state index contributed by atoms with van der Waals surface area (Å²) in [7, 11) is 0. The van der Waals surface area contributed by atoms with Gasteiger partial charge in [-0.2, -0.15) is 0 Å². The third-order valence-electron chi connectivity index (χ3n) is 8.54. The first-order chi connectivity index (χ1) is 15.7. The van der Waals surface area contributed by atoms with Crippen molar-refractivity contribution in [1.29, 1.82) is 0 Å². The van der Waals surface area contributed by atoms with Gasteiger partial charge in [-0.1, -0.05) is 89.5 Å². The Morgan fingerprint density at radius 3 is 2.18 bits per heavy atom. The highest BCUT2D eigenvalue weighted by Crippen LogP contribution is 2.46. The molecule has 2 aliphatic carbocycles. The molecule has 0 fully saturated rings. The number of hydrogen-bond donors (Lipinski definition) is 0. The third-order valence-corrected chi connectivity index (χ3v) is 9.29. The average Bonchev–Trinajstić information content (AvgIpc) is 2.81. The van der Waals surface area contributed by atoms with Gasteiger partial charge in [-0.15, -0.1) is 0 Å². The summed E-state index contributed by atoms with van der Waals surface area (Å²) in [6.07, 6.45) is 8.56. The zero-order valence-electron chi connectivity index (χ0n) is 22.3. The number of fused-ring (bicyclic) bond motifs is 2. The van der Waals surface area contributed by atoms with Gasteiger partial charge in [0, 0.05) is 4.47 Å². The quantitative estimate of drug-likeness (QED) is 0.380. The molecule has 0 aliphatic heterocycles. The lowest BCUT2D eigenvalue weighted by Gasteiger charge is -2.42. The van der Waals surface area contributed by atoms with Crippen LogP contribution in [0, 0.1) is 17.7 Å². The molecule has 0 nitrogen and oxygen atoms in total. The van der Waals surface area contributed by atoms with Gasteiger partial charge in [0.25, 0.3) is 0 Å². The minimum atomic E-state index is -0.0841. The molecule has 2 atom stereocenters. The Hall–Kier alpha value is -1.15. The van der Waals surface area contributed by atoms with Crippen LogP contribution in [0.15, 0.2) is 40.9 Å². The van der Waals surface area contributed by atoms with Gasteiger partial charge in [0.1, 0.15) is 5.82 Å². The summed E-state index contributed by atoms with van der Waals surface area (Å²) in [4.78, 5) is 0. The van der Waals surface area contributed by atoms with Crippen molar-refractivity contribution in [2.45, 2.75) is 111 Å². The van der Waals surface area contributed by atoms with Crippen LogP contribution in [-0.4, -0.2) is 0 Å². The first-order valence-corrected chi connectivity index (χ1v) is 14.0. The highest BCUT2D eigenvalue weighted by molar-refractivity contribution is 9.10. The van der Waals surface area contributed by atoms with Crippen LogP contribution in [0.1, 0.15) is 110 Å². The summed E-state index contributed by atoms with van der Waals surface area (Å²) < 4.78 is 14.7. The number of halogens is 2. The highest BCUT2D eigenvalue weighted by atomic mass is 79.9. The van der Waals surface area contributed by atoms with Crippen molar-refractivity contribution in [3.8, 4) is 0 Å². The maximum atomic E-state index is 13.4. The largest absolute Gasteiger partial charge is 0.207 e. The van der Waals surface area contributed by atoms with Crippen LogP contribution in [-0.2, 0) is 23.7 Å². The SMILES string of the molecule is CC.CC(C)C1(C)CCCc2c(Br)cccc21.CCC1(C(C)C)CCCc2ccc(F)cc21. The second-order valence-electron chi connectivity index (χ2n) is 10.5. The van der Waals surface area contributed by atoms with Crippen LogP contribution < -0.4 is 0 Å².